The highest BCUT2D eigenvalue weighted by molar-refractivity contribution is 7.93. The number of rotatable bonds is 3. The molecule has 0 N–H and O–H groups in total. The molecule has 0 spiro atoms. The predicted molar refractivity (Wildman–Crippen MR) is 124 cm³/mol. The molecular weight excluding hydrogens is 505 g/mol. The van der Waals surface area contributed by atoms with Crippen LogP contribution >= 0.6 is 11.6 Å². The second kappa shape index (κ2) is 8.27. The fourth-order valence-corrected chi connectivity index (χ4v) is 6.23. The lowest BCUT2D eigenvalue weighted by molar-refractivity contribution is 0.0673. The minimum absolute atomic E-state index is 0.0266. The maximum atomic E-state index is 14.4. The second-order valence-corrected chi connectivity index (χ2v) is 11.1. The summed E-state index contributed by atoms with van der Waals surface area (Å²) >= 11 is 6.44. The Kier molecular flexibility index (Phi) is 5.59. The zero-order valence-corrected chi connectivity index (χ0v) is 20.3. The number of aryl methyl sites for hydroxylation is 1. The zero-order valence-electron chi connectivity index (χ0n) is 18.7. The van der Waals surface area contributed by atoms with Gasteiger partial charge in [0.2, 0.25) is 0 Å². The fourth-order valence-electron chi connectivity index (χ4n) is 4.76. The van der Waals surface area contributed by atoms with E-state index in [-0.39, 0.29) is 34.6 Å². The van der Waals surface area contributed by atoms with Crippen LogP contribution in [0.25, 0.3) is 11.3 Å². The van der Waals surface area contributed by atoms with Crippen LogP contribution in [0.3, 0.4) is 0 Å². The average molecular weight is 525 g/mol. The smallest absolute Gasteiger partial charge is 0.256 e. The van der Waals surface area contributed by atoms with Crippen LogP contribution in [0.5, 0.6) is 0 Å². The van der Waals surface area contributed by atoms with Crippen molar-refractivity contribution in [3.05, 3.63) is 69.6 Å². The number of carbonyl (C=O) groups excluding carboxylic acids is 1. The largest absolute Gasteiger partial charge is 0.341 e. The monoisotopic (exact) mass is 524 g/mol. The third-order valence-electron chi connectivity index (χ3n) is 6.33. The summed E-state index contributed by atoms with van der Waals surface area (Å²) in [4.78, 5) is 16.3. The Morgan fingerprint density at radius 3 is 2.31 bits per heavy atom. The molecule has 3 aromatic rings. The van der Waals surface area contributed by atoms with Crippen LogP contribution in [-0.2, 0) is 23.3 Å². The number of carbonyl (C=O) groups is 1. The van der Waals surface area contributed by atoms with Crippen LogP contribution in [0.4, 0.5) is 18.9 Å². The van der Waals surface area contributed by atoms with Gasteiger partial charge < -0.3 is 9.80 Å². The number of hydrogen-bond donors (Lipinski definition) is 0. The average Bonchev–Trinajstić information content (AvgIpc) is 3.09. The van der Waals surface area contributed by atoms with Crippen molar-refractivity contribution in [3.63, 3.8) is 0 Å². The van der Waals surface area contributed by atoms with E-state index in [0.717, 1.165) is 23.8 Å². The standard InChI is InChI=1S/C23H20ClF3N4O3S/c1-12-21-17(22(29(2)28-21)13-5-14(25)7-15(26)6-13)3-4-31(12)23(32)18-8-16(27)9-19(20(18)24)30-10-35(33,34)11-30/h5-9,12H,3-4,10-11H2,1-2H3/t12-/m0/s1. The molecule has 184 valence electrons. The summed E-state index contributed by atoms with van der Waals surface area (Å²) < 4.78 is 66.7. The van der Waals surface area contributed by atoms with Gasteiger partial charge in [-0.15, -0.1) is 0 Å². The highest BCUT2D eigenvalue weighted by Gasteiger charge is 2.37. The van der Waals surface area contributed by atoms with Gasteiger partial charge in [0.15, 0.2) is 9.84 Å². The van der Waals surface area contributed by atoms with Crippen LogP contribution in [-0.4, -0.2) is 47.3 Å². The number of nitrogens with zero attached hydrogens (tertiary/aromatic N) is 4. The first-order valence-corrected chi connectivity index (χ1v) is 12.9. The van der Waals surface area contributed by atoms with Crippen molar-refractivity contribution in [2.75, 3.05) is 23.2 Å². The van der Waals surface area contributed by atoms with Crippen molar-refractivity contribution in [3.8, 4) is 11.3 Å². The number of fused-ring (bicyclic) bond motifs is 1. The summed E-state index contributed by atoms with van der Waals surface area (Å²) in [5.74, 6) is -3.25. The van der Waals surface area contributed by atoms with Crippen molar-refractivity contribution in [1.29, 1.82) is 0 Å². The highest BCUT2D eigenvalue weighted by Crippen LogP contribution is 2.39. The van der Waals surface area contributed by atoms with E-state index < -0.39 is 39.2 Å². The first-order chi connectivity index (χ1) is 16.4. The van der Waals surface area contributed by atoms with Gasteiger partial charge in [-0.2, -0.15) is 5.10 Å². The molecule has 5 rings (SSSR count). The van der Waals surface area contributed by atoms with Crippen molar-refractivity contribution in [2.24, 2.45) is 7.05 Å². The van der Waals surface area contributed by atoms with E-state index >= 15 is 0 Å². The van der Waals surface area contributed by atoms with Crippen LogP contribution in [0.15, 0.2) is 30.3 Å². The number of anilines is 1. The zero-order chi connectivity index (χ0) is 25.2. The van der Waals surface area contributed by atoms with Gasteiger partial charge >= 0.3 is 0 Å². The van der Waals surface area contributed by atoms with Gasteiger partial charge in [-0.25, -0.2) is 21.6 Å². The molecule has 1 atom stereocenters. The molecule has 0 radical (unpaired) electrons. The second-order valence-electron chi connectivity index (χ2n) is 8.75. The maximum absolute atomic E-state index is 14.4. The Hall–Kier alpha value is -3.05. The molecule has 3 heterocycles. The van der Waals surface area contributed by atoms with Crippen LogP contribution in [0.1, 0.15) is 34.6 Å². The van der Waals surface area contributed by atoms with E-state index in [9.17, 15) is 26.4 Å². The van der Waals surface area contributed by atoms with Crippen LogP contribution < -0.4 is 4.90 Å². The minimum atomic E-state index is -3.24. The highest BCUT2D eigenvalue weighted by atomic mass is 35.5. The summed E-state index contributed by atoms with van der Waals surface area (Å²) in [6, 6.07) is 4.86. The molecule has 0 aliphatic carbocycles. The third kappa shape index (κ3) is 4.06. The molecule has 0 bridgehead atoms. The number of hydrogen-bond acceptors (Lipinski definition) is 5. The van der Waals surface area contributed by atoms with E-state index in [1.807, 2.05) is 0 Å². The summed E-state index contributed by atoms with van der Waals surface area (Å²) in [6.07, 6.45) is 0.358. The molecule has 1 saturated heterocycles. The number of amides is 1. The molecule has 7 nitrogen and oxygen atoms in total. The molecule has 2 aliphatic heterocycles. The molecule has 2 aromatic carbocycles. The first kappa shape index (κ1) is 23.7. The molecule has 1 aromatic heterocycles. The number of benzene rings is 2. The lowest BCUT2D eigenvalue weighted by atomic mass is 9.95. The number of aromatic nitrogens is 2. The van der Waals surface area contributed by atoms with Crippen LogP contribution in [0.2, 0.25) is 5.02 Å². The molecule has 35 heavy (non-hydrogen) atoms. The third-order valence-corrected chi connectivity index (χ3v) is 8.14. The molecular formula is C23H20ClF3N4O3S. The molecule has 0 saturated carbocycles. The van der Waals surface area contributed by atoms with Crippen molar-refractivity contribution < 1.29 is 26.4 Å². The van der Waals surface area contributed by atoms with Gasteiger partial charge in [0.25, 0.3) is 5.91 Å². The van der Waals surface area contributed by atoms with E-state index in [4.69, 9.17) is 11.6 Å². The van der Waals surface area contributed by atoms with Crippen molar-refractivity contribution in [1.82, 2.24) is 14.7 Å². The summed E-state index contributed by atoms with van der Waals surface area (Å²) in [5, 5.41) is 4.49. The van der Waals surface area contributed by atoms with E-state index in [1.165, 1.54) is 26.6 Å². The number of sulfone groups is 1. The lowest BCUT2D eigenvalue weighted by Crippen LogP contribution is -2.47. The van der Waals surface area contributed by atoms with E-state index in [0.29, 0.717) is 23.4 Å². The van der Waals surface area contributed by atoms with Gasteiger partial charge in [-0.3, -0.25) is 9.48 Å². The molecule has 2 aliphatic rings. The molecule has 1 fully saturated rings. The van der Waals surface area contributed by atoms with E-state index in [2.05, 4.69) is 5.10 Å². The van der Waals surface area contributed by atoms with Gasteiger partial charge in [0, 0.05) is 30.8 Å². The Morgan fingerprint density at radius 1 is 1.06 bits per heavy atom. The Bertz CT molecular complexity index is 1460. The predicted octanol–water partition coefficient (Wildman–Crippen LogP) is 4.07. The topological polar surface area (TPSA) is 75.5 Å². The summed E-state index contributed by atoms with van der Waals surface area (Å²) in [6.45, 7) is 2.00. The van der Waals surface area contributed by atoms with E-state index in [1.54, 1.807) is 14.0 Å². The SMILES string of the molecule is C[C@H]1c2nn(C)c(-c3cc(F)cc(F)c3)c2CCN1C(=O)c1cc(F)cc(N2CS(=O)(=O)C2)c1Cl. The maximum Gasteiger partial charge on any atom is 0.256 e. The summed E-state index contributed by atoms with van der Waals surface area (Å²) in [7, 11) is -1.58. The molecule has 12 heteroatoms. The summed E-state index contributed by atoms with van der Waals surface area (Å²) in [5.41, 5.74) is 2.29. The minimum Gasteiger partial charge on any atom is -0.341 e. The van der Waals surface area contributed by atoms with Gasteiger partial charge in [0.05, 0.1) is 33.7 Å². The van der Waals surface area contributed by atoms with Crippen molar-refractivity contribution >= 4 is 33.0 Å². The normalized spacial score (nSPS) is 18.9. The molecule has 1 amide bonds. The van der Waals surface area contributed by atoms with Gasteiger partial charge in [-0.1, -0.05) is 11.6 Å². The fraction of sp³-hybridized carbons (Fsp3) is 0.304. The number of halogens is 4. The Labute approximate surface area is 204 Å². The lowest BCUT2D eigenvalue weighted by Gasteiger charge is -2.35. The Balaban J connectivity index is 1.49. The van der Waals surface area contributed by atoms with Gasteiger partial charge in [0.1, 0.15) is 29.2 Å². The Morgan fingerprint density at radius 2 is 1.69 bits per heavy atom. The van der Waals surface area contributed by atoms with Crippen LogP contribution in [0, 0.1) is 17.5 Å². The van der Waals surface area contributed by atoms with Crippen molar-refractivity contribution in [2.45, 2.75) is 19.4 Å². The quantitative estimate of drug-likeness (QED) is 0.516. The van der Waals surface area contributed by atoms with Gasteiger partial charge in [-0.05, 0) is 37.6 Å². The first-order valence-electron chi connectivity index (χ1n) is 10.7. The molecule has 0 unspecified atom stereocenters.